The summed E-state index contributed by atoms with van der Waals surface area (Å²) in [5.41, 5.74) is 8.62. The van der Waals surface area contributed by atoms with Gasteiger partial charge >= 0.3 is 0 Å². The van der Waals surface area contributed by atoms with E-state index in [1.54, 1.807) is 0 Å². The molecule has 1 atom stereocenters. The number of aryl methyl sites for hydroxylation is 1. The van der Waals surface area contributed by atoms with Crippen LogP contribution in [0.1, 0.15) is 63.0 Å². The Balaban J connectivity index is 2.07. The summed E-state index contributed by atoms with van der Waals surface area (Å²) < 4.78 is 0. The molecule has 1 unspecified atom stereocenters. The molecule has 0 aromatic heterocycles. The van der Waals surface area contributed by atoms with Gasteiger partial charge in [-0.15, -0.1) is 0 Å². The first kappa shape index (κ1) is 17.0. The molecule has 1 aromatic carbocycles. The Labute approximate surface area is 134 Å². The number of benzene rings is 1. The Kier molecular flexibility index (Phi) is 6.01. The van der Waals surface area contributed by atoms with E-state index in [9.17, 15) is 4.79 Å². The number of hydrogen-bond acceptors (Lipinski definition) is 2. The number of nitrogens with one attached hydrogen (secondary N) is 1. The van der Waals surface area contributed by atoms with Crippen molar-refractivity contribution in [1.29, 1.82) is 0 Å². The molecule has 3 N–H and O–H groups in total. The van der Waals surface area contributed by atoms with Crippen molar-refractivity contribution in [3.63, 3.8) is 0 Å². The van der Waals surface area contributed by atoms with E-state index in [1.807, 2.05) is 6.92 Å². The summed E-state index contributed by atoms with van der Waals surface area (Å²) in [5, 5.41) is 3.18. The van der Waals surface area contributed by atoms with Crippen LogP contribution in [0.3, 0.4) is 0 Å². The Morgan fingerprint density at radius 1 is 1.27 bits per heavy atom. The molecule has 1 aliphatic carbocycles. The molecule has 1 aliphatic rings. The number of amides is 1. The lowest BCUT2D eigenvalue weighted by Crippen LogP contribution is -2.42. The monoisotopic (exact) mass is 302 g/mol. The minimum atomic E-state index is 0.0887. The average Bonchev–Trinajstić information content (AvgIpc) is 2.52. The Morgan fingerprint density at radius 3 is 2.59 bits per heavy atom. The van der Waals surface area contributed by atoms with Crippen molar-refractivity contribution in [2.24, 2.45) is 5.73 Å². The Hall–Kier alpha value is -1.35. The van der Waals surface area contributed by atoms with E-state index in [2.05, 4.69) is 36.5 Å². The molecule has 3 nitrogen and oxygen atoms in total. The minimum Gasteiger partial charge on any atom is -0.355 e. The molecule has 22 heavy (non-hydrogen) atoms. The van der Waals surface area contributed by atoms with Crippen molar-refractivity contribution in [3.8, 4) is 0 Å². The molecular weight excluding hydrogens is 272 g/mol. The molecule has 0 radical (unpaired) electrons. The van der Waals surface area contributed by atoms with Crippen LogP contribution in [0.2, 0.25) is 0 Å². The van der Waals surface area contributed by atoms with Gasteiger partial charge in [0, 0.05) is 24.4 Å². The predicted octanol–water partition coefficient (Wildman–Crippen LogP) is 3.44. The first-order valence-corrected chi connectivity index (χ1v) is 8.62. The average molecular weight is 302 g/mol. The number of carbonyl (C=O) groups is 1. The third-order valence-electron chi connectivity index (χ3n) is 4.98. The molecule has 0 aliphatic heterocycles. The van der Waals surface area contributed by atoms with Crippen LogP contribution in [0.4, 0.5) is 0 Å². The van der Waals surface area contributed by atoms with Crippen LogP contribution in [-0.4, -0.2) is 18.5 Å². The molecule has 1 saturated carbocycles. The molecule has 3 heteroatoms. The molecule has 0 bridgehead atoms. The van der Waals surface area contributed by atoms with Gasteiger partial charge in [-0.25, -0.2) is 0 Å². The van der Waals surface area contributed by atoms with Crippen LogP contribution < -0.4 is 11.1 Å². The second-order valence-corrected chi connectivity index (χ2v) is 6.95. The van der Waals surface area contributed by atoms with Crippen molar-refractivity contribution < 1.29 is 4.79 Å². The zero-order valence-electron chi connectivity index (χ0n) is 14.0. The maximum Gasteiger partial charge on any atom is 0.220 e. The molecule has 2 rings (SSSR count). The third kappa shape index (κ3) is 4.33. The Bertz CT molecular complexity index is 490. The van der Waals surface area contributed by atoms with Gasteiger partial charge in [-0.2, -0.15) is 0 Å². The van der Waals surface area contributed by atoms with Crippen LogP contribution in [0.15, 0.2) is 24.3 Å². The fraction of sp³-hybridized carbons (Fsp3) is 0.632. The molecule has 0 saturated heterocycles. The van der Waals surface area contributed by atoms with E-state index in [4.69, 9.17) is 5.73 Å². The maximum atomic E-state index is 12.1. The lowest BCUT2D eigenvalue weighted by molar-refractivity contribution is -0.121. The summed E-state index contributed by atoms with van der Waals surface area (Å²) in [6.45, 7) is 4.89. The molecular formula is C19H30N2O. The molecule has 0 spiro atoms. The summed E-state index contributed by atoms with van der Waals surface area (Å²) in [4.78, 5) is 12.1. The first-order valence-electron chi connectivity index (χ1n) is 8.62. The SMILES string of the molecule is Cc1ccccc1C1(CNC(=O)CCC(C)N)CCCCC1. The van der Waals surface area contributed by atoms with E-state index in [0.717, 1.165) is 13.0 Å². The number of rotatable bonds is 6. The highest BCUT2D eigenvalue weighted by Crippen LogP contribution is 2.40. The van der Waals surface area contributed by atoms with Crippen LogP contribution in [-0.2, 0) is 10.2 Å². The lowest BCUT2D eigenvalue weighted by Gasteiger charge is -2.39. The van der Waals surface area contributed by atoms with Gasteiger partial charge in [-0.1, -0.05) is 43.5 Å². The summed E-state index contributed by atoms with van der Waals surface area (Å²) in [6.07, 6.45) is 7.45. The van der Waals surface area contributed by atoms with Crippen molar-refractivity contribution >= 4 is 5.91 Å². The van der Waals surface area contributed by atoms with E-state index < -0.39 is 0 Å². The van der Waals surface area contributed by atoms with Crippen molar-refractivity contribution in [2.45, 2.75) is 70.3 Å². The Morgan fingerprint density at radius 2 is 1.95 bits per heavy atom. The molecule has 1 fully saturated rings. The van der Waals surface area contributed by atoms with Crippen LogP contribution in [0.5, 0.6) is 0 Å². The summed E-state index contributed by atoms with van der Waals surface area (Å²) in [7, 11) is 0. The molecule has 122 valence electrons. The summed E-state index contributed by atoms with van der Waals surface area (Å²) in [5.74, 6) is 0.135. The van der Waals surface area contributed by atoms with Gasteiger partial charge in [0.2, 0.25) is 5.91 Å². The second kappa shape index (κ2) is 7.77. The van der Waals surface area contributed by atoms with Crippen molar-refractivity contribution in [3.05, 3.63) is 35.4 Å². The fourth-order valence-corrected chi connectivity index (χ4v) is 3.65. The van der Waals surface area contributed by atoms with E-state index in [0.29, 0.717) is 6.42 Å². The smallest absolute Gasteiger partial charge is 0.220 e. The number of nitrogens with two attached hydrogens (primary N) is 1. The van der Waals surface area contributed by atoms with E-state index in [1.165, 1.54) is 43.2 Å². The summed E-state index contributed by atoms with van der Waals surface area (Å²) in [6, 6.07) is 8.73. The number of hydrogen-bond donors (Lipinski definition) is 2. The van der Waals surface area contributed by atoms with Gasteiger partial charge in [0.1, 0.15) is 0 Å². The van der Waals surface area contributed by atoms with E-state index >= 15 is 0 Å². The third-order valence-corrected chi connectivity index (χ3v) is 4.98. The first-order chi connectivity index (χ1) is 10.5. The highest BCUT2D eigenvalue weighted by molar-refractivity contribution is 5.76. The quantitative estimate of drug-likeness (QED) is 0.845. The van der Waals surface area contributed by atoms with Crippen LogP contribution >= 0.6 is 0 Å². The highest BCUT2D eigenvalue weighted by atomic mass is 16.1. The normalized spacial score (nSPS) is 18.7. The van der Waals surface area contributed by atoms with Gasteiger partial charge < -0.3 is 11.1 Å². The number of carbonyl (C=O) groups excluding carboxylic acids is 1. The topological polar surface area (TPSA) is 55.1 Å². The van der Waals surface area contributed by atoms with Crippen molar-refractivity contribution in [1.82, 2.24) is 5.32 Å². The minimum absolute atomic E-state index is 0.0887. The highest BCUT2D eigenvalue weighted by Gasteiger charge is 2.35. The lowest BCUT2D eigenvalue weighted by atomic mass is 9.68. The maximum absolute atomic E-state index is 12.1. The zero-order chi connectivity index (χ0) is 16.0. The summed E-state index contributed by atoms with van der Waals surface area (Å²) >= 11 is 0. The molecule has 1 amide bonds. The largest absolute Gasteiger partial charge is 0.355 e. The van der Waals surface area contributed by atoms with Crippen molar-refractivity contribution in [2.75, 3.05) is 6.54 Å². The van der Waals surface area contributed by atoms with Gasteiger partial charge in [-0.3, -0.25) is 4.79 Å². The fourth-order valence-electron chi connectivity index (χ4n) is 3.65. The van der Waals surface area contributed by atoms with Gasteiger partial charge in [-0.05, 0) is 44.2 Å². The second-order valence-electron chi connectivity index (χ2n) is 6.95. The van der Waals surface area contributed by atoms with Gasteiger partial charge in [0.05, 0.1) is 0 Å². The standard InChI is InChI=1S/C19H30N2O/c1-15-8-4-5-9-17(15)19(12-6-3-7-13-19)14-21-18(22)11-10-16(2)20/h4-5,8-9,16H,3,6-7,10-14,20H2,1-2H3,(H,21,22). The molecule has 1 aromatic rings. The zero-order valence-corrected chi connectivity index (χ0v) is 14.0. The predicted molar refractivity (Wildman–Crippen MR) is 91.8 cm³/mol. The van der Waals surface area contributed by atoms with Gasteiger partial charge in [0.25, 0.3) is 0 Å². The van der Waals surface area contributed by atoms with Crippen LogP contribution in [0.25, 0.3) is 0 Å². The van der Waals surface area contributed by atoms with E-state index in [-0.39, 0.29) is 17.4 Å². The van der Waals surface area contributed by atoms with Crippen LogP contribution in [0, 0.1) is 6.92 Å². The van der Waals surface area contributed by atoms with Gasteiger partial charge in [0.15, 0.2) is 0 Å². The molecule has 0 heterocycles.